The standard InChI is InChI=1S/C16H16ClF2NO3/c1-21-13-5-3-11(17)7-10(13)9-20-12-4-6-14(22-2)15(8-12)23-16(18)19/h3-8,16,20H,9H2,1-2H3. The number of alkyl halides is 2. The number of halogens is 3. The van der Waals surface area contributed by atoms with Gasteiger partial charge in [-0.15, -0.1) is 0 Å². The van der Waals surface area contributed by atoms with Crippen LogP contribution in [0.15, 0.2) is 36.4 Å². The molecule has 0 radical (unpaired) electrons. The van der Waals surface area contributed by atoms with E-state index in [1.165, 1.54) is 13.2 Å². The fourth-order valence-electron chi connectivity index (χ4n) is 2.06. The summed E-state index contributed by atoms with van der Waals surface area (Å²) in [5.74, 6) is 0.876. The van der Waals surface area contributed by atoms with Crippen molar-refractivity contribution in [1.29, 1.82) is 0 Å². The summed E-state index contributed by atoms with van der Waals surface area (Å²) in [5, 5.41) is 3.69. The van der Waals surface area contributed by atoms with E-state index in [2.05, 4.69) is 10.1 Å². The van der Waals surface area contributed by atoms with Crippen LogP contribution in [0, 0.1) is 0 Å². The van der Waals surface area contributed by atoms with Gasteiger partial charge in [-0.05, 0) is 30.3 Å². The predicted octanol–water partition coefficient (Wildman–Crippen LogP) is 4.57. The van der Waals surface area contributed by atoms with Gasteiger partial charge in [0, 0.05) is 28.9 Å². The second kappa shape index (κ2) is 7.87. The third kappa shape index (κ3) is 4.63. The summed E-state index contributed by atoms with van der Waals surface area (Å²) in [6, 6.07) is 9.96. The first-order chi connectivity index (χ1) is 11.0. The van der Waals surface area contributed by atoms with Crippen molar-refractivity contribution in [2.45, 2.75) is 13.2 Å². The summed E-state index contributed by atoms with van der Waals surface area (Å²) < 4.78 is 39.6. The smallest absolute Gasteiger partial charge is 0.387 e. The summed E-state index contributed by atoms with van der Waals surface area (Å²) in [6.45, 7) is -2.52. The average molecular weight is 344 g/mol. The normalized spacial score (nSPS) is 10.5. The summed E-state index contributed by atoms with van der Waals surface area (Å²) in [4.78, 5) is 0. The molecule has 0 amide bonds. The van der Waals surface area contributed by atoms with Crippen molar-refractivity contribution in [2.75, 3.05) is 19.5 Å². The molecular formula is C16H16ClF2NO3. The quantitative estimate of drug-likeness (QED) is 0.799. The molecule has 124 valence electrons. The van der Waals surface area contributed by atoms with Gasteiger partial charge in [0.05, 0.1) is 14.2 Å². The molecule has 0 bridgehead atoms. The second-order valence-electron chi connectivity index (χ2n) is 4.55. The highest BCUT2D eigenvalue weighted by Gasteiger charge is 2.11. The van der Waals surface area contributed by atoms with Gasteiger partial charge < -0.3 is 19.5 Å². The second-order valence-corrected chi connectivity index (χ2v) is 4.99. The van der Waals surface area contributed by atoms with Crippen molar-refractivity contribution in [3.8, 4) is 17.2 Å². The van der Waals surface area contributed by atoms with Gasteiger partial charge in [0.15, 0.2) is 11.5 Å². The molecule has 0 unspecified atom stereocenters. The SMILES string of the molecule is COc1ccc(Cl)cc1CNc1ccc(OC)c(OC(F)F)c1. The summed E-state index contributed by atoms with van der Waals surface area (Å²) in [6.07, 6.45) is 0. The van der Waals surface area contributed by atoms with Crippen LogP contribution in [0.3, 0.4) is 0 Å². The Hall–Kier alpha value is -2.21. The molecule has 0 heterocycles. The van der Waals surface area contributed by atoms with E-state index < -0.39 is 6.61 Å². The lowest BCUT2D eigenvalue weighted by atomic mass is 10.2. The fraction of sp³-hybridized carbons (Fsp3) is 0.250. The van der Waals surface area contributed by atoms with Crippen molar-refractivity contribution < 1.29 is 23.0 Å². The van der Waals surface area contributed by atoms with E-state index in [1.54, 1.807) is 37.4 Å². The molecule has 23 heavy (non-hydrogen) atoms. The molecule has 0 saturated carbocycles. The average Bonchev–Trinajstić information content (AvgIpc) is 2.52. The molecule has 0 atom stereocenters. The minimum atomic E-state index is -2.92. The Morgan fingerprint density at radius 3 is 2.35 bits per heavy atom. The van der Waals surface area contributed by atoms with E-state index in [0.717, 1.165) is 5.56 Å². The summed E-state index contributed by atoms with van der Waals surface area (Å²) in [5.41, 5.74) is 1.44. The Balaban J connectivity index is 2.16. The number of hydrogen-bond acceptors (Lipinski definition) is 4. The lowest BCUT2D eigenvalue weighted by molar-refractivity contribution is -0.0511. The molecule has 4 nitrogen and oxygen atoms in total. The van der Waals surface area contributed by atoms with Gasteiger partial charge in [-0.2, -0.15) is 8.78 Å². The molecular weight excluding hydrogens is 328 g/mol. The van der Waals surface area contributed by atoms with Crippen molar-refractivity contribution >= 4 is 17.3 Å². The van der Waals surface area contributed by atoms with E-state index in [-0.39, 0.29) is 11.5 Å². The molecule has 0 aromatic heterocycles. The first-order valence-corrected chi connectivity index (χ1v) is 7.10. The van der Waals surface area contributed by atoms with E-state index in [1.807, 2.05) is 0 Å². The monoisotopic (exact) mass is 343 g/mol. The van der Waals surface area contributed by atoms with Crippen LogP contribution in [0.4, 0.5) is 14.5 Å². The zero-order valence-electron chi connectivity index (χ0n) is 12.6. The largest absolute Gasteiger partial charge is 0.496 e. The number of anilines is 1. The zero-order valence-corrected chi connectivity index (χ0v) is 13.4. The number of benzene rings is 2. The Morgan fingerprint density at radius 2 is 1.70 bits per heavy atom. The molecule has 7 heteroatoms. The molecule has 0 aliphatic rings. The molecule has 0 saturated heterocycles. The van der Waals surface area contributed by atoms with Crippen LogP contribution in [0.2, 0.25) is 5.02 Å². The van der Waals surface area contributed by atoms with Crippen LogP contribution in [0.1, 0.15) is 5.56 Å². The van der Waals surface area contributed by atoms with E-state index in [0.29, 0.717) is 23.0 Å². The number of methoxy groups -OCH3 is 2. The van der Waals surface area contributed by atoms with Gasteiger partial charge in [0.2, 0.25) is 0 Å². The van der Waals surface area contributed by atoms with Crippen molar-refractivity contribution in [2.24, 2.45) is 0 Å². The molecule has 0 fully saturated rings. The van der Waals surface area contributed by atoms with Crippen LogP contribution in [0.25, 0.3) is 0 Å². The first kappa shape index (κ1) is 17.1. The van der Waals surface area contributed by atoms with Gasteiger partial charge in [-0.1, -0.05) is 11.6 Å². The third-order valence-corrected chi connectivity index (χ3v) is 3.34. The number of hydrogen-bond donors (Lipinski definition) is 1. The van der Waals surface area contributed by atoms with Gasteiger partial charge in [-0.25, -0.2) is 0 Å². The highest BCUT2D eigenvalue weighted by Crippen LogP contribution is 2.32. The van der Waals surface area contributed by atoms with Gasteiger partial charge in [0.25, 0.3) is 0 Å². The summed E-state index contributed by atoms with van der Waals surface area (Å²) in [7, 11) is 2.95. The maximum absolute atomic E-state index is 12.4. The van der Waals surface area contributed by atoms with Crippen LogP contribution in [0.5, 0.6) is 17.2 Å². The first-order valence-electron chi connectivity index (χ1n) is 6.72. The lowest BCUT2D eigenvalue weighted by Crippen LogP contribution is -2.05. The Bertz CT molecular complexity index is 668. The molecule has 0 aliphatic heterocycles. The molecule has 0 spiro atoms. The maximum atomic E-state index is 12.4. The minimum absolute atomic E-state index is 0.0365. The molecule has 1 N–H and O–H groups in total. The highest BCUT2D eigenvalue weighted by atomic mass is 35.5. The van der Waals surface area contributed by atoms with Gasteiger partial charge >= 0.3 is 6.61 Å². The lowest BCUT2D eigenvalue weighted by Gasteiger charge is -2.14. The topological polar surface area (TPSA) is 39.7 Å². The molecule has 0 aliphatic carbocycles. The molecule has 2 rings (SSSR count). The Labute approximate surface area is 137 Å². The highest BCUT2D eigenvalue weighted by molar-refractivity contribution is 6.30. The van der Waals surface area contributed by atoms with E-state index >= 15 is 0 Å². The third-order valence-electron chi connectivity index (χ3n) is 3.11. The minimum Gasteiger partial charge on any atom is -0.496 e. The van der Waals surface area contributed by atoms with Gasteiger partial charge in [0.1, 0.15) is 5.75 Å². The van der Waals surface area contributed by atoms with E-state index in [4.69, 9.17) is 21.1 Å². The van der Waals surface area contributed by atoms with Crippen molar-refractivity contribution in [1.82, 2.24) is 0 Å². The molecule has 2 aromatic carbocycles. The number of nitrogens with one attached hydrogen (secondary N) is 1. The van der Waals surface area contributed by atoms with Crippen molar-refractivity contribution in [3.63, 3.8) is 0 Å². The fourth-order valence-corrected chi connectivity index (χ4v) is 2.25. The van der Waals surface area contributed by atoms with Crippen LogP contribution in [-0.2, 0) is 6.54 Å². The number of ether oxygens (including phenoxy) is 3. The van der Waals surface area contributed by atoms with Crippen LogP contribution >= 0.6 is 11.6 Å². The van der Waals surface area contributed by atoms with E-state index in [9.17, 15) is 8.78 Å². The number of rotatable bonds is 7. The summed E-state index contributed by atoms with van der Waals surface area (Å²) >= 11 is 5.97. The Morgan fingerprint density at radius 1 is 1.00 bits per heavy atom. The van der Waals surface area contributed by atoms with Crippen LogP contribution in [-0.4, -0.2) is 20.8 Å². The van der Waals surface area contributed by atoms with Gasteiger partial charge in [-0.3, -0.25) is 0 Å². The van der Waals surface area contributed by atoms with Crippen molar-refractivity contribution in [3.05, 3.63) is 47.0 Å². The van der Waals surface area contributed by atoms with Crippen LogP contribution < -0.4 is 19.5 Å². The molecule has 2 aromatic rings. The predicted molar refractivity (Wildman–Crippen MR) is 85.0 cm³/mol. The Kier molecular flexibility index (Phi) is 5.87. The maximum Gasteiger partial charge on any atom is 0.387 e. The zero-order chi connectivity index (χ0) is 16.8.